The van der Waals surface area contributed by atoms with Crippen molar-refractivity contribution in [1.29, 1.82) is 5.26 Å². The third-order valence-electron chi connectivity index (χ3n) is 5.81. The Morgan fingerprint density at radius 2 is 1.90 bits per heavy atom. The molecule has 1 saturated heterocycles. The highest BCUT2D eigenvalue weighted by molar-refractivity contribution is 5.99. The summed E-state index contributed by atoms with van der Waals surface area (Å²) in [5, 5.41) is 9.94. The van der Waals surface area contributed by atoms with Crippen LogP contribution in [0.1, 0.15) is 28.8 Å². The van der Waals surface area contributed by atoms with Crippen molar-refractivity contribution in [3.05, 3.63) is 72.3 Å². The lowest BCUT2D eigenvalue weighted by Crippen LogP contribution is -2.43. The summed E-state index contributed by atoms with van der Waals surface area (Å²) in [5.41, 5.74) is 2.30. The van der Waals surface area contributed by atoms with Crippen molar-refractivity contribution >= 4 is 5.91 Å². The molecule has 0 saturated carbocycles. The molecule has 0 N–H and O–H groups in total. The first-order valence-electron chi connectivity index (χ1n) is 10.2. The van der Waals surface area contributed by atoms with Crippen LogP contribution in [-0.4, -0.2) is 46.0 Å². The van der Waals surface area contributed by atoms with Crippen molar-refractivity contribution in [3.8, 4) is 23.2 Å². The van der Waals surface area contributed by atoms with Gasteiger partial charge in [-0.3, -0.25) is 9.78 Å². The second kappa shape index (κ2) is 8.92. The van der Waals surface area contributed by atoms with E-state index in [4.69, 9.17) is 4.74 Å². The molecular formula is C24H23N5O2. The Morgan fingerprint density at radius 1 is 1.13 bits per heavy atom. The summed E-state index contributed by atoms with van der Waals surface area (Å²) >= 11 is 0. The Hall–Kier alpha value is -3.79. The van der Waals surface area contributed by atoms with Gasteiger partial charge in [-0.05, 0) is 55.2 Å². The van der Waals surface area contributed by atoms with Gasteiger partial charge in [-0.2, -0.15) is 5.26 Å². The van der Waals surface area contributed by atoms with E-state index in [0.29, 0.717) is 49.3 Å². The van der Waals surface area contributed by atoms with Gasteiger partial charge in [0.1, 0.15) is 17.8 Å². The van der Waals surface area contributed by atoms with Gasteiger partial charge in [0.2, 0.25) is 0 Å². The number of methoxy groups -OCH3 is 1. The molecule has 0 spiro atoms. The maximum Gasteiger partial charge on any atom is 0.256 e. The number of nitriles is 1. The summed E-state index contributed by atoms with van der Waals surface area (Å²) < 4.78 is 5.21. The number of aromatic nitrogens is 3. The first-order valence-corrected chi connectivity index (χ1v) is 10.2. The number of nitrogens with zero attached hydrogens (tertiary/aromatic N) is 5. The zero-order chi connectivity index (χ0) is 21.7. The number of amides is 1. The zero-order valence-corrected chi connectivity index (χ0v) is 17.4. The smallest absolute Gasteiger partial charge is 0.256 e. The lowest BCUT2D eigenvalue weighted by atomic mass is 9.75. The van der Waals surface area contributed by atoms with Crippen molar-refractivity contribution in [1.82, 2.24) is 19.9 Å². The van der Waals surface area contributed by atoms with Crippen LogP contribution in [0.2, 0.25) is 0 Å². The molecule has 156 valence electrons. The number of ether oxygens (including phenoxy) is 1. The fraction of sp³-hybridized carbons (Fsp3) is 0.292. The van der Waals surface area contributed by atoms with E-state index in [-0.39, 0.29) is 5.91 Å². The quantitative estimate of drug-likeness (QED) is 0.635. The van der Waals surface area contributed by atoms with Crippen LogP contribution in [0, 0.1) is 16.7 Å². The van der Waals surface area contributed by atoms with Crippen molar-refractivity contribution in [2.75, 3.05) is 20.2 Å². The number of likely N-dealkylation sites (tertiary alicyclic amines) is 1. The summed E-state index contributed by atoms with van der Waals surface area (Å²) in [4.78, 5) is 27.6. The molecule has 0 aliphatic carbocycles. The predicted octanol–water partition coefficient (Wildman–Crippen LogP) is 3.54. The van der Waals surface area contributed by atoms with E-state index < -0.39 is 5.41 Å². The van der Waals surface area contributed by atoms with Crippen molar-refractivity contribution in [3.63, 3.8) is 0 Å². The molecule has 7 heteroatoms. The van der Waals surface area contributed by atoms with Crippen LogP contribution in [0.15, 0.2) is 61.2 Å². The Labute approximate surface area is 181 Å². The lowest BCUT2D eigenvalue weighted by molar-refractivity contribution is 0.0647. The first kappa shape index (κ1) is 20.5. The number of pyridine rings is 1. The molecular weight excluding hydrogens is 390 g/mol. The molecule has 0 atom stereocenters. The fourth-order valence-electron chi connectivity index (χ4n) is 3.98. The summed E-state index contributed by atoms with van der Waals surface area (Å²) in [5.74, 6) is 0.712. The van der Waals surface area contributed by atoms with E-state index in [1.807, 2.05) is 29.2 Å². The second-order valence-corrected chi connectivity index (χ2v) is 7.70. The Bertz CT molecular complexity index is 1080. The Morgan fingerprint density at radius 3 is 2.55 bits per heavy atom. The topological polar surface area (TPSA) is 92.0 Å². The highest BCUT2D eigenvalue weighted by Crippen LogP contribution is 2.35. The summed E-state index contributed by atoms with van der Waals surface area (Å²) in [6, 6.07) is 15.6. The van der Waals surface area contributed by atoms with Crippen LogP contribution in [0.5, 0.6) is 5.75 Å². The second-order valence-electron chi connectivity index (χ2n) is 7.70. The van der Waals surface area contributed by atoms with Crippen molar-refractivity contribution < 1.29 is 9.53 Å². The number of hydrogen-bond donors (Lipinski definition) is 0. The highest BCUT2D eigenvalue weighted by Gasteiger charge is 2.37. The highest BCUT2D eigenvalue weighted by atomic mass is 16.5. The molecule has 31 heavy (non-hydrogen) atoms. The van der Waals surface area contributed by atoms with Crippen LogP contribution in [-0.2, 0) is 6.42 Å². The molecule has 3 heterocycles. The predicted molar refractivity (Wildman–Crippen MR) is 115 cm³/mol. The summed E-state index contributed by atoms with van der Waals surface area (Å²) in [6.07, 6.45) is 6.65. The standard InChI is InChI=1S/C24H23N5O2/c1-31-19-6-4-18(5-7-19)15-24(16-25)9-13-29(14-10-24)23(30)20-3-2-11-27-22(20)21-8-12-26-17-28-21/h2-8,11-12,17H,9-10,13-15H2,1H3. The van der Waals surface area contributed by atoms with Gasteiger partial charge in [-0.1, -0.05) is 12.1 Å². The van der Waals surface area contributed by atoms with E-state index in [1.165, 1.54) is 6.33 Å². The molecule has 1 amide bonds. The van der Waals surface area contributed by atoms with Crippen molar-refractivity contribution in [2.45, 2.75) is 19.3 Å². The van der Waals surface area contributed by atoms with Crippen LogP contribution in [0.25, 0.3) is 11.4 Å². The SMILES string of the molecule is COc1ccc(CC2(C#N)CCN(C(=O)c3cccnc3-c3ccncn3)CC2)cc1. The number of hydrogen-bond acceptors (Lipinski definition) is 6. The molecule has 7 nitrogen and oxygen atoms in total. The minimum Gasteiger partial charge on any atom is -0.497 e. The molecule has 4 rings (SSSR count). The van der Waals surface area contributed by atoms with Crippen LogP contribution < -0.4 is 4.74 Å². The van der Waals surface area contributed by atoms with E-state index in [1.54, 1.807) is 37.7 Å². The van der Waals surface area contributed by atoms with E-state index in [2.05, 4.69) is 21.0 Å². The van der Waals surface area contributed by atoms with Crippen LogP contribution in [0.4, 0.5) is 0 Å². The lowest BCUT2D eigenvalue weighted by Gasteiger charge is -2.37. The first-order chi connectivity index (χ1) is 15.1. The number of carbonyl (C=O) groups excluding carboxylic acids is 1. The van der Waals surface area contributed by atoms with Gasteiger partial charge >= 0.3 is 0 Å². The third-order valence-corrected chi connectivity index (χ3v) is 5.81. The van der Waals surface area contributed by atoms with Gasteiger partial charge in [-0.25, -0.2) is 9.97 Å². The van der Waals surface area contributed by atoms with Gasteiger partial charge in [0, 0.05) is 25.5 Å². The zero-order valence-electron chi connectivity index (χ0n) is 17.4. The van der Waals surface area contributed by atoms with Crippen LogP contribution in [0.3, 0.4) is 0 Å². The number of piperidine rings is 1. The van der Waals surface area contributed by atoms with Gasteiger partial charge in [0.25, 0.3) is 5.91 Å². The molecule has 1 aliphatic rings. The minimum atomic E-state index is -0.476. The Balaban J connectivity index is 1.48. The molecule has 3 aromatic rings. The fourth-order valence-corrected chi connectivity index (χ4v) is 3.98. The molecule has 1 fully saturated rings. The minimum absolute atomic E-state index is 0.0855. The maximum absolute atomic E-state index is 13.3. The number of benzene rings is 1. The third kappa shape index (κ3) is 4.38. The monoisotopic (exact) mass is 413 g/mol. The van der Waals surface area contributed by atoms with Crippen LogP contribution >= 0.6 is 0 Å². The van der Waals surface area contributed by atoms with E-state index in [9.17, 15) is 10.1 Å². The number of carbonyl (C=O) groups is 1. The summed E-state index contributed by atoms with van der Waals surface area (Å²) in [7, 11) is 1.64. The molecule has 1 aliphatic heterocycles. The molecule has 1 aromatic carbocycles. The maximum atomic E-state index is 13.3. The van der Waals surface area contributed by atoms with E-state index in [0.717, 1.165) is 11.3 Å². The largest absolute Gasteiger partial charge is 0.497 e. The van der Waals surface area contributed by atoms with Gasteiger partial charge in [-0.15, -0.1) is 0 Å². The number of rotatable bonds is 5. The average molecular weight is 413 g/mol. The molecule has 0 radical (unpaired) electrons. The molecule has 2 aromatic heterocycles. The van der Waals surface area contributed by atoms with Gasteiger partial charge in [0.15, 0.2) is 0 Å². The van der Waals surface area contributed by atoms with Gasteiger partial charge in [0.05, 0.1) is 29.9 Å². The van der Waals surface area contributed by atoms with Crippen molar-refractivity contribution in [2.24, 2.45) is 5.41 Å². The summed E-state index contributed by atoms with van der Waals surface area (Å²) in [6.45, 7) is 1.06. The van der Waals surface area contributed by atoms with Gasteiger partial charge < -0.3 is 9.64 Å². The molecule has 0 bridgehead atoms. The average Bonchev–Trinajstić information content (AvgIpc) is 2.85. The normalized spacial score (nSPS) is 15.2. The van der Waals surface area contributed by atoms with E-state index >= 15 is 0 Å². The Kier molecular flexibility index (Phi) is 5.89. The molecule has 0 unspecified atom stereocenters.